The Bertz CT molecular complexity index is 960. The van der Waals surface area contributed by atoms with Crippen LogP contribution in [0.3, 0.4) is 0 Å². The van der Waals surface area contributed by atoms with Crippen molar-refractivity contribution in [2.45, 2.75) is 25.9 Å². The van der Waals surface area contributed by atoms with Crippen LogP contribution in [0.15, 0.2) is 41.8 Å². The molecule has 0 aliphatic heterocycles. The van der Waals surface area contributed by atoms with Crippen molar-refractivity contribution < 1.29 is 9.59 Å². The molecule has 8 heteroatoms. The lowest BCUT2D eigenvalue weighted by Crippen LogP contribution is -2.07. The molecular weight excluding hydrogens is 350 g/mol. The topological polar surface area (TPSA) is 92.7 Å². The maximum atomic E-state index is 12.5. The maximum Gasteiger partial charge on any atom is 0.221 e. The lowest BCUT2D eigenvalue weighted by molar-refractivity contribution is -0.114. The SMILES string of the molecule is CC(=O)Nc1cccc(-n2cnnc2SCC(=O)c2cc(C)[nH]c2C)c1. The number of hydrogen-bond acceptors (Lipinski definition) is 5. The summed E-state index contributed by atoms with van der Waals surface area (Å²) in [6, 6.07) is 9.23. The van der Waals surface area contributed by atoms with Gasteiger partial charge in [-0.25, -0.2) is 0 Å². The van der Waals surface area contributed by atoms with Gasteiger partial charge in [-0.1, -0.05) is 17.8 Å². The molecule has 0 saturated carbocycles. The fraction of sp³-hybridized carbons (Fsp3) is 0.222. The number of aromatic amines is 1. The van der Waals surface area contributed by atoms with Gasteiger partial charge in [0.05, 0.1) is 11.4 Å². The van der Waals surface area contributed by atoms with Crippen LogP contribution in [0.5, 0.6) is 0 Å². The quantitative estimate of drug-likeness (QED) is 0.514. The third-order valence-electron chi connectivity index (χ3n) is 3.74. The molecule has 1 aromatic carbocycles. The van der Waals surface area contributed by atoms with Crippen molar-refractivity contribution in [1.29, 1.82) is 0 Å². The Balaban J connectivity index is 1.76. The van der Waals surface area contributed by atoms with E-state index in [0.29, 0.717) is 16.4 Å². The van der Waals surface area contributed by atoms with E-state index in [1.54, 1.807) is 10.9 Å². The van der Waals surface area contributed by atoms with E-state index in [9.17, 15) is 9.59 Å². The summed E-state index contributed by atoms with van der Waals surface area (Å²) in [5.41, 5.74) is 4.04. The van der Waals surface area contributed by atoms with Gasteiger partial charge in [-0.2, -0.15) is 0 Å². The predicted octanol–water partition coefficient (Wildman–Crippen LogP) is 3.15. The molecular formula is C18H19N5O2S. The minimum atomic E-state index is -0.136. The molecule has 0 spiro atoms. The summed E-state index contributed by atoms with van der Waals surface area (Å²) < 4.78 is 1.79. The first-order chi connectivity index (χ1) is 12.4. The zero-order valence-corrected chi connectivity index (χ0v) is 15.6. The summed E-state index contributed by atoms with van der Waals surface area (Å²) >= 11 is 1.33. The number of aromatic nitrogens is 4. The molecule has 2 N–H and O–H groups in total. The number of carbonyl (C=O) groups is 2. The first-order valence-electron chi connectivity index (χ1n) is 8.04. The first-order valence-corrected chi connectivity index (χ1v) is 9.03. The van der Waals surface area contributed by atoms with Crippen molar-refractivity contribution in [3.05, 3.63) is 53.6 Å². The van der Waals surface area contributed by atoms with Crippen LogP contribution in [0.1, 0.15) is 28.7 Å². The Hall–Kier alpha value is -2.87. The summed E-state index contributed by atoms with van der Waals surface area (Å²) in [6.45, 7) is 5.28. The molecule has 26 heavy (non-hydrogen) atoms. The van der Waals surface area contributed by atoms with Crippen LogP contribution in [0.25, 0.3) is 5.69 Å². The number of H-pyrrole nitrogens is 1. The highest BCUT2D eigenvalue weighted by atomic mass is 32.2. The third kappa shape index (κ3) is 4.02. The van der Waals surface area contributed by atoms with E-state index in [4.69, 9.17) is 0 Å². The van der Waals surface area contributed by atoms with E-state index in [1.165, 1.54) is 18.7 Å². The highest BCUT2D eigenvalue weighted by Gasteiger charge is 2.15. The minimum absolute atomic E-state index is 0.0402. The number of thioether (sulfide) groups is 1. The van der Waals surface area contributed by atoms with Crippen molar-refractivity contribution in [2.75, 3.05) is 11.1 Å². The van der Waals surface area contributed by atoms with Gasteiger partial charge in [-0.05, 0) is 38.1 Å². The van der Waals surface area contributed by atoms with E-state index in [1.807, 2.05) is 44.2 Å². The summed E-state index contributed by atoms with van der Waals surface area (Å²) in [7, 11) is 0. The van der Waals surface area contributed by atoms with Crippen molar-refractivity contribution in [3.63, 3.8) is 0 Å². The fourth-order valence-electron chi connectivity index (χ4n) is 2.66. The standard InChI is InChI=1S/C18H19N5O2S/c1-11-7-16(12(2)20-11)17(25)9-26-18-22-19-10-23(18)15-6-4-5-14(8-15)21-13(3)24/h4-8,10,20H,9H2,1-3H3,(H,21,24). The number of rotatable bonds is 6. The van der Waals surface area contributed by atoms with Gasteiger partial charge in [-0.15, -0.1) is 10.2 Å². The molecule has 3 rings (SSSR count). The molecule has 7 nitrogen and oxygen atoms in total. The minimum Gasteiger partial charge on any atom is -0.362 e. The van der Waals surface area contributed by atoms with Crippen LogP contribution < -0.4 is 5.32 Å². The number of Topliss-reactive ketones (excluding diaryl/α,β-unsaturated/α-hetero) is 1. The van der Waals surface area contributed by atoms with E-state index < -0.39 is 0 Å². The second kappa shape index (κ2) is 7.57. The molecule has 2 heterocycles. The van der Waals surface area contributed by atoms with Crippen LogP contribution in [0.4, 0.5) is 5.69 Å². The number of aryl methyl sites for hydroxylation is 2. The van der Waals surface area contributed by atoms with E-state index >= 15 is 0 Å². The lowest BCUT2D eigenvalue weighted by atomic mass is 10.2. The molecule has 0 aliphatic rings. The molecule has 1 amide bonds. The van der Waals surface area contributed by atoms with Gasteiger partial charge in [-0.3, -0.25) is 14.2 Å². The Morgan fingerprint density at radius 2 is 2.08 bits per heavy atom. The van der Waals surface area contributed by atoms with Gasteiger partial charge < -0.3 is 10.3 Å². The zero-order chi connectivity index (χ0) is 18.7. The highest BCUT2D eigenvalue weighted by Crippen LogP contribution is 2.23. The smallest absolute Gasteiger partial charge is 0.221 e. The number of amides is 1. The summed E-state index contributed by atoms with van der Waals surface area (Å²) in [4.78, 5) is 26.8. The third-order valence-corrected chi connectivity index (χ3v) is 4.69. The molecule has 0 saturated heterocycles. The van der Waals surface area contributed by atoms with Crippen LogP contribution in [0, 0.1) is 13.8 Å². The van der Waals surface area contributed by atoms with Crippen LogP contribution in [-0.2, 0) is 4.79 Å². The summed E-state index contributed by atoms with van der Waals surface area (Å²) in [6.07, 6.45) is 1.59. The summed E-state index contributed by atoms with van der Waals surface area (Å²) in [5, 5.41) is 11.4. The van der Waals surface area contributed by atoms with Crippen molar-refractivity contribution >= 4 is 29.1 Å². The molecule has 0 fully saturated rings. The average Bonchev–Trinajstić information content (AvgIpc) is 3.18. The number of nitrogens with zero attached hydrogens (tertiary/aromatic N) is 3. The fourth-order valence-corrected chi connectivity index (χ4v) is 3.47. The van der Waals surface area contributed by atoms with E-state index in [2.05, 4.69) is 20.5 Å². The highest BCUT2D eigenvalue weighted by molar-refractivity contribution is 7.99. The van der Waals surface area contributed by atoms with Crippen molar-refractivity contribution in [3.8, 4) is 5.69 Å². The van der Waals surface area contributed by atoms with Gasteiger partial charge in [0.2, 0.25) is 5.91 Å². The molecule has 0 unspecified atom stereocenters. The molecule has 2 aromatic heterocycles. The maximum absolute atomic E-state index is 12.5. The van der Waals surface area contributed by atoms with Crippen LogP contribution >= 0.6 is 11.8 Å². The molecule has 0 radical (unpaired) electrons. The lowest BCUT2D eigenvalue weighted by Gasteiger charge is -2.08. The number of benzene rings is 1. The number of ketones is 1. The number of carbonyl (C=O) groups excluding carboxylic acids is 2. The van der Waals surface area contributed by atoms with E-state index in [-0.39, 0.29) is 17.4 Å². The largest absolute Gasteiger partial charge is 0.362 e. The molecule has 0 atom stereocenters. The summed E-state index contributed by atoms with van der Waals surface area (Å²) in [5.74, 6) is 0.170. The Kier molecular flexibility index (Phi) is 5.22. The number of anilines is 1. The average molecular weight is 369 g/mol. The molecule has 3 aromatic rings. The van der Waals surface area contributed by atoms with Gasteiger partial charge in [0.25, 0.3) is 0 Å². The Morgan fingerprint density at radius 1 is 1.27 bits per heavy atom. The van der Waals surface area contributed by atoms with Gasteiger partial charge >= 0.3 is 0 Å². The van der Waals surface area contributed by atoms with E-state index in [0.717, 1.165) is 17.1 Å². The zero-order valence-electron chi connectivity index (χ0n) is 14.7. The molecule has 134 valence electrons. The van der Waals surface area contributed by atoms with Crippen molar-refractivity contribution in [2.24, 2.45) is 0 Å². The van der Waals surface area contributed by atoms with Crippen molar-refractivity contribution in [1.82, 2.24) is 19.7 Å². The van der Waals surface area contributed by atoms with Gasteiger partial charge in [0.1, 0.15) is 6.33 Å². The van der Waals surface area contributed by atoms with Gasteiger partial charge in [0.15, 0.2) is 10.9 Å². The number of nitrogens with one attached hydrogen (secondary N) is 2. The normalized spacial score (nSPS) is 10.7. The van der Waals surface area contributed by atoms with Gasteiger partial charge in [0, 0.05) is 29.6 Å². The Morgan fingerprint density at radius 3 is 2.77 bits per heavy atom. The predicted molar refractivity (Wildman–Crippen MR) is 101 cm³/mol. The Labute approximate surface area is 155 Å². The van der Waals surface area contributed by atoms with Crippen LogP contribution in [0.2, 0.25) is 0 Å². The first kappa shape index (κ1) is 17.9. The second-order valence-corrected chi connectivity index (χ2v) is 6.86. The molecule has 0 bridgehead atoms. The second-order valence-electron chi connectivity index (χ2n) is 5.92. The molecule has 0 aliphatic carbocycles. The van der Waals surface area contributed by atoms with Crippen LogP contribution in [-0.4, -0.2) is 37.2 Å². The number of hydrogen-bond donors (Lipinski definition) is 2. The monoisotopic (exact) mass is 369 g/mol.